The fraction of sp³-hybridized carbons (Fsp3) is 0.250. The zero-order valence-corrected chi connectivity index (χ0v) is 16.6. The van der Waals surface area contributed by atoms with Crippen LogP contribution in [0.4, 0.5) is 0 Å². The van der Waals surface area contributed by atoms with Gasteiger partial charge in [0.05, 0.1) is 6.04 Å². The van der Waals surface area contributed by atoms with Gasteiger partial charge in [-0.15, -0.1) is 0 Å². The van der Waals surface area contributed by atoms with Crippen LogP contribution in [0.1, 0.15) is 47.9 Å². The van der Waals surface area contributed by atoms with Crippen LogP contribution in [-0.2, 0) is 11.3 Å². The first-order chi connectivity index (χ1) is 13.5. The van der Waals surface area contributed by atoms with E-state index in [-0.39, 0.29) is 17.7 Å². The van der Waals surface area contributed by atoms with Crippen molar-refractivity contribution in [2.45, 2.75) is 39.8 Å². The normalized spacial score (nSPS) is 11.8. The molecule has 2 aromatic carbocycles. The average molecular weight is 374 g/mol. The fourth-order valence-corrected chi connectivity index (χ4v) is 3.49. The Morgan fingerprint density at radius 3 is 2.21 bits per heavy atom. The summed E-state index contributed by atoms with van der Waals surface area (Å²) in [5.74, 6) is 0.0309. The molecule has 0 saturated carbocycles. The Kier molecular flexibility index (Phi) is 6.09. The van der Waals surface area contributed by atoms with Crippen molar-refractivity contribution in [1.29, 1.82) is 0 Å². The van der Waals surface area contributed by atoms with Crippen LogP contribution in [0.3, 0.4) is 0 Å². The van der Waals surface area contributed by atoms with Gasteiger partial charge in [-0.25, -0.2) is 0 Å². The molecule has 3 rings (SSSR count). The second-order valence-corrected chi connectivity index (χ2v) is 7.05. The van der Waals surface area contributed by atoms with E-state index in [1.54, 1.807) is 6.92 Å². The van der Waals surface area contributed by atoms with E-state index in [4.69, 9.17) is 0 Å². The Hall–Kier alpha value is -3.14. The molecule has 144 valence electrons. The lowest BCUT2D eigenvalue weighted by molar-refractivity contribution is -0.121. The Bertz CT molecular complexity index is 959. The number of hydrogen-bond donors (Lipinski definition) is 1. The number of amides is 1. The smallest absolute Gasteiger partial charge is 0.222 e. The lowest BCUT2D eigenvalue weighted by Gasteiger charge is -2.16. The topological polar surface area (TPSA) is 51.1 Å². The van der Waals surface area contributed by atoms with Gasteiger partial charge < -0.3 is 9.88 Å². The number of hydrogen-bond acceptors (Lipinski definition) is 2. The second-order valence-electron chi connectivity index (χ2n) is 7.05. The first-order valence-electron chi connectivity index (χ1n) is 9.58. The molecule has 0 unspecified atom stereocenters. The Labute approximate surface area is 166 Å². The first-order valence-corrected chi connectivity index (χ1v) is 9.58. The van der Waals surface area contributed by atoms with E-state index in [0.717, 1.165) is 22.5 Å². The summed E-state index contributed by atoms with van der Waals surface area (Å²) >= 11 is 0. The number of ketones is 1. The molecule has 0 fully saturated rings. The first kappa shape index (κ1) is 19.6. The van der Waals surface area contributed by atoms with Crippen molar-refractivity contribution in [2.75, 3.05) is 0 Å². The van der Waals surface area contributed by atoms with Crippen LogP contribution >= 0.6 is 0 Å². The number of aromatic nitrogens is 1. The summed E-state index contributed by atoms with van der Waals surface area (Å²) in [4.78, 5) is 24.5. The minimum absolute atomic E-state index is 0.00663. The lowest BCUT2D eigenvalue weighted by atomic mass is 10.1. The molecule has 0 spiro atoms. The van der Waals surface area contributed by atoms with Gasteiger partial charge in [0.15, 0.2) is 5.78 Å². The Balaban J connectivity index is 1.76. The lowest BCUT2D eigenvalue weighted by Crippen LogP contribution is -2.27. The van der Waals surface area contributed by atoms with Crippen LogP contribution in [-0.4, -0.2) is 16.3 Å². The summed E-state index contributed by atoms with van der Waals surface area (Å²) in [6, 6.07) is 21.8. The summed E-state index contributed by atoms with van der Waals surface area (Å²) < 4.78 is 2.07. The molecule has 28 heavy (non-hydrogen) atoms. The highest BCUT2D eigenvalue weighted by atomic mass is 16.1. The van der Waals surface area contributed by atoms with Gasteiger partial charge in [-0.3, -0.25) is 9.59 Å². The number of nitrogens with zero attached hydrogens (tertiary/aromatic N) is 1. The van der Waals surface area contributed by atoms with Crippen LogP contribution in [0.2, 0.25) is 0 Å². The molecule has 1 atom stereocenters. The van der Waals surface area contributed by atoms with E-state index in [9.17, 15) is 9.59 Å². The molecule has 0 aliphatic rings. The van der Waals surface area contributed by atoms with E-state index in [2.05, 4.69) is 9.88 Å². The van der Waals surface area contributed by atoms with Gasteiger partial charge in [0.2, 0.25) is 5.91 Å². The second kappa shape index (κ2) is 8.70. The van der Waals surface area contributed by atoms with Gasteiger partial charge in [-0.1, -0.05) is 60.7 Å². The molecule has 3 aromatic rings. The molecule has 0 saturated heterocycles. The fourth-order valence-electron chi connectivity index (χ4n) is 3.49. The highest BCUT2D eigenvalue weighted by molar-refractivity contribution is 5.96. The average Bonchev–Trinajstić information content (AvgIpc) is 3.04. The maximum Gasteiger partial charge on any atom is 0.222 e. The van der Waals surface area contributed by atoms with Crippen LogP contribution in [0.5, 0.6) is 0 Å². The molecule has 4 heteroatoms. The summed E-state index contributed by atoms with van der Waals surface area (Å²) in [6.45, 7) is 6.03. The zero-order chi connectivity index (χ0) is 20.1. The highest BCUT2D eigenvalue weighted by Gasteiger charge is 2.17. The minimum Gasteiger partial charge on any atom is -0.350 e. The molecule has 0 bridgehead atoms. The van der Waals surface area contributed by atoms with E-state index < -0.39 is 0 Å². The number of Topliss-reactive ketones (excluding diaryl/α,β-unsaturated/α-hetero) is 1. The maximum atomic E-state index is 12.5. The third-order valence-corrected chi connectivity index (χ3v) is 5.05. The molecule has 0 aliphatic carbocycles. The van der Waals surface area contributed by atoms with E-state index >= 15 is 0 Å². The van der Waals surface area contributed by atoms with Crippen LogP contribution < -0.4 is 5.32 Å². The molecule has 1 N–H and O–H groups in total. The molecular formula is C24H26N2O2. The van der Waals surface area contributed by atoms with Crippen LogP contribution in [0, 0.1) is 6.92 Å². The number of rotatable bonds is 7. The Morgan fingerprint density at radius 2 is 1.61 bits per heavy atom. The van der Waals surface area contributed by atoms with Gasteiger partial charge in [0.1, 0.15) is 0 Å². The van der Waals surface area contributed by atoms with Crippen LogP contribution in [0.25, 0.3) is 11.3 Å². The van der Waals surface area contributed by atoms with Crippen molar-refractivity contribution in [3.05, 3.63) is 83.6 Å². The monoisotopic (exact) mass is 374 g/mol. The van der Waals surface area contributed by atoms with Crippen molar-refractivity contribution in [2.24, 2.45) is 0 Å². The Morgan fingerprint density at radius 1 is 1.00 bits per heavy atom. The highest BCUT2D eigenvalue weighted by Crippen LogP contribution is 2.26. The molecule has 4 nitrogen and oxygen atoms in total. The molecule has 1 heterocycles. The largest absolute Gasteiger partial charge is 0.350 e. The molecular weight excluding hydrogens is 348 g/mol. The molecule has 0 aliphatic heterocycles. The van der Waals surface area contributed by atoms with Crippen molar-refractivity contribution in [1.82, 2.24) is 9.88 Å². The number of carbonyl (C=O) groups excluding carboxylic acids is 2. The van der Waals surface area contributed by atoms with Gasteiger partial charge in [0, 0.05) is 29.9 Å². The van der Waals surface area contributed by atoms with Gasteiger partial charge in [-0.05, 0) is 38.0 Å². The summed E-state index contributed by atoms with van der Waals surface area (Å²) in [6.07, 6.45) is 0.351. The standard InChI is InChI=1S/C24H26N2O2/c1-17(20-10-6-4-7-11-20)25-24(28)14-15-26-18(2)22(19(3)27)16-23(26)21-12-8-5-9-13-21/h4-13,16-17H,14-15H2,1-3H3,(H,25,28)/t17-/m0/s1. The van der Waals surface area contributed by atoms with E-state index in [1.807, 2.05) is 80.6 Å². The number of carbonyl (C=O) groups is 2. The predicted molar refractivity (Wildman–Crippen MR) is 112 cm³/mol. The quantitative estimate of drug-likeness (QED) is 0.596. The van der Waals surface area contributed by atoms with Crippen molar-refractivity contribution < 1.29 is 9.59 Å². The number of benzene rings is 2. The summed E-state index contributed by atoms with van der Waals surface area (Å²) in [5, 5.41) is 3.06. The SMILES string of the molecule is CC(=O)c1cc(-c2ccccc2)n(CCC(=O)N[C@@H](C)c2ccccc2)c1C. The van der Waals surface area contributed by atoms with Gasteiger partial charge >= 0.3 is 0 Å². The molecule has 0 radical (unpaired) electrons. The summed E-state index contributed by atoms with van der Waals surface area (Å²) in [7, 11) is 0. The van der Waals surface area contributed by atoms with Gasteiger partial charge in [-0.2, -0.15) is 0 Å². The van der Waals surface area contributed by atoms with Crippen molar-refractivity contribution >= 4 is 11.7 Å². The third kappa shape index (κ3) is 4.39. The predicted octanol–water partition coefficient (Wildman–Crippen LogP) is 4.93. The van der Waals surface area contributed by atoms with E-state index in [0.29, 0.717) is 18.5 Å². The summed E-state index contributed by atoms with van der Waals surface area (Å²) in [5.41, 5.74) is 4.69. The van der Waals surface area contributed by atoms with Crippen molar-refractivity contribution in [3.63, 3.8) is 0 Å². The third-order valence-electron chi connectivity index (χ3n) is 5.05. The maximum absolute atomic E-state index is 12.5. The van der Waals surface area contributed by atoms with Crippen molar-refractivity contribution in [3.8, 4) is 11.3 Å². The van der Waals surface area contributed by atoms with E-state index in [1.165, 1.54) is 0 Å². The number of nitrogens with one attached hydrogen (secondary N) is 1. The molecule has 1 amide bonds. The van der Waals surface area contributed by atoms with Crippen LogP contribution in [0.15, 0.2) is 66.7 Å². The zero-order valence-electron chi connectivity index (χ0n) is 16.6. The minimum atomic E-state index is -0.0409. The molecule has 1 aromatic heterocycles. The van der Waals surface area contributed by atoms with Gasteiger partial charge in [0.25, 0.3) is 0 Å².